The van der Waals surface area contributed by atoms with Gasteiger partial charge in [0.05, 0.1) is 18.1 Å². The SMILES string of the molecule is CCCC(NCC(=O)N1CCN(c2ncnc3c2cnn3C)CC1)C(=O)O. The molecule has 0 aromatic carbocycles. The quantitative estimate of drug-likeness (QED) is 0.687. The number of piperazine rings is 1. The molecule has 0 aliphatic carbocycles. The number of carboxylic acid groups (broad SMARTS) is 1. The number of fused-ring (bicyclic) bond motifs is 1. The maximum Gasteiger partial charge on any atom is 0.320 e. The molecule has 1 aliphatic heterocycles. The van der Waals surface area contributed by atoms with Gasteiger partial charge >= 0.3 is 5.97 Å². The Bertz CT molecular complexity index is 814. The van der Waals surface area contributed by atoms with Crippen LogP contribution in [0.15, 0.2) is 12.5 Å². The molecule has 3 heterocycles. The highest BCUT2D eigenvalue weighted by Gasteiger charge is 2.25. The van der Waals surface area contributed by atoms with Gasteiger partial charge in [-0.25, -0.2) is 9.97 Å². The summed E-state index contributed by atoms with van der Waals surface area (Å²) >= 11 is 0. The van der Waals surface area contributed by atoms with E-state index in [2.05, 4.69) is 25.3 Å². The Morgan fingerprint density at radius 3 is 2.67 bits per heavy atom. The summed E-state index contributed by atoms with van der Waals surface area (Å²) in [7, 11) is 1.84. The van der Waals surface area contributed by atoms with Crippen molar-refractivity contribution in [1.82, 2.24) is 30.0 Å². The molecule has 2 aromatic rings. The van der Waals surface area contributed by atoms with Gasteiger partial charge in [-0.1, -0.05) is 13.3 Å². The van der Waals surface area contributed by atoms with Crippen LogP contribution in [0.25, 0.3) is 11.0 Å². The highest BCUT2D eigenvalue weighted by Crippen LogP contribution is 2.23. The summed E-state index contributed by atoms with van der Waals surface area (Å²) in [6.07, 6.45) is 4.54. The Morgan fingerprint density at radius 2 is 2.00 bits per heavy atom. The predicted octanol–water partition coefficient (Wildman–Crippen LogP) is -0.145. The second kappa shape index (κ2) is 8.30. The van der Waals surface area contributed by atoms with Crippen LogP contribution in [-0.2, 0) is 16.6 Å². The molecule has 10 heteroatoms. The fourth-order valence-electron chi connectivity index (χ4n) is 3.29. The highest BCUT2D eigenvalue weighted by molar-refractivity contribution is 5.87. The fourth-order valence-corrected chi connectivity index (χ4v) is 3.29. The number of nitrogens with one attached hydrogen (secondary N) is 1. The van der Waals surface area contributed by atoms with Crippen molar-refractivity contribution < 1.29 is 14.7 Å². The Balaban J connectivity index is 1.56. The third-order valence-corrected chi connectivity index (χ3v) is 4.82. The zero-order chi connectivity index (χ0) is 19.4. The van der Waals surface area contributed by atoms with Crippen LogP contribution in [0, 0.1) is 0 Å². The average molecular weight is 375 g/mol. The molecule has 1 unspecified atom stereocenters. The Kier molecular flexibility index (Phi) is 5.84. The van der Waals surface area contributed by atoms with E-state index in [0.29, 0.717) is 32.6 Å². The van der Waals surface area contributed by atoms with E-state index < -0.39 is 12.0 Å². The summed E-state index contributed by atoms with van der Waals surface area (Å²) in [6, 6.07) is -0.680. The van der Waals surface area contributed by atoms with E-state index >= 15 is 0 Å². The van der Waals surface area contributed by atoms with Crippen molar-refractivity contribution in [3.05, 3.63) is 12.5 Å². The second-order valence-corrected chi connectivity index (χ2v) is 6.63. The standard InChI is InChI=1S/C17H25N7O3/c1-3-4-13(17(26)27)18-10-14(25)23-5-7-24(8-6-23)16-12-9-21-22(2)15(12)19-11-20-16/h9,11,13,18H,3-8,10H2,1-2H3,(H,26,27). The summed E-state index contributed by atoms with van der Waals surface area (Å²) in [6.45, 7) is 4.41. The second-order valence-electron chi connectivity index (χ2n) is 6.63. The third-order valence-electron chi connectivity index (χ3n) is 4.82. The fraction of sp³-hybridized carbons (Fsp3) is 0.588. The summed E-state index contributed by atoms with van der Waals surface area (Å²) < 4.78 is 1.71. The Labute approximate surface area is 157 Å². The molecule has 3 rings (SSSR count). The number of aryl methyl sites for hydroxylation is 1. The van der Waals surface area contributed by atoms with Crippen LogP contribution in [-0.4, -0.2) is 80.4 Å². The van der Waals surface area contributed by atoms with Crippen LogP contribution < -0.4 is 10.2 Å². The normalized spacial score (nSPS) is 15.9. The van der Waals surface area contributed by atoms with Gasteiger partial charge in [0, 0.05) is 33.2 Å². The predicted molar refractivity (Wildman–Crippen MR) is 99.4 cm³/mol. The van der Waals surface area contributed by atoms with Gasteiger partial charge in [0.2, 0.25) is 5.91 Å². The topological polar surface area (TPSA) is 116 Å². The van der Waals surface area contributed by atoms with E-state index in [1.54, 1.807) is 15.8 Å². The van der Waals surface area contributed by atoms with E-state index in [9.17, 15) is 9.59 Å². The molecule has 2 N–H and O–H groups in total. The smallest absolute Gasteiger partial charge is 0.320 e. The van der Waals surface area contributed by atoms with E-state index in [1.807, 2.05) is 14.0 Å². The van der Waals surface area contributed by atoms with Crippen molar-refractivity contribution >= 4 is 28.7 Å². The first-order valence-electron chi connectivity index (χ1n) is 9.13. The maximum atomic E-state index is 12.4. The van der Waals surface area contributed by atoms with Crippen molar-refractivity contribution in [2.45, 2.75) is 25.8 Å². The van der Waals surface area contributed by atoms with Crippen LogP contribution in [0.3, 0.4) is 0 Å². The number of carbonyl (C=O) groups excluding carboxylic acids is 1. The van der Waals surface area contributed by atoms with Gasteiger partial charge in [-0.15, -0.1) is 0 Å². The lowest BCUT2D eigenvalue weighted by atomic mass is 10.1. The van der Waals surface area contributed by atoms with Gasteiger partial charge < -0.3 is 14.9 Å². The average Bonchev–Trinajstić information content (AvgIpc) is 3.06. The minimum Gasteiger partial charge on any atom is -0.480 e. The molecular weight excluding hydrogens is 350 g/mol. The number of aliphatic carboxylic acids is 1. The molecule has 146 valence electrons. The van der Waals surface area contributed by atoms with Crippen molar-refractivity contribution in [2.75, 3.05) is 37.6 Å². The number of rotatable bonds is 7. The molecule has 0 spiro atoms. The summed E-state index contributed by atoms with van der Waals surface area (Å²) in [4.78, 5) is 36.1. The van der Waals surface area contributed by atoms with E-state index in [1.165, 1.54) is 6.33 Å². The van der Waals surface area contributed by atoms with Gasteiger partial charge in [0.15, 0.2) is 5.65 Å². The van der Waals surface area contributed by atoms with Gasteiger partial charge in [-0.05, 0) is 6.42 Å². The Hall–Kier alpha value is -2.75. The minimum absolute atomic E-state index is 0.0390. The number of hydrogen-bond donors (Lipinski definition) is 2. The van der Waals surface area contributed by atoms with Gasteiger partial charge in [0.25, 0.3) is 0 Å². The molecule has 0 saturated carbocycles. The van der Waals surface area contributed by atoms with Crippen molar-refractivity contribution in [3.63, 3.8) is 0 Å². The lowest BCUT2D eigenvalue weighted by Gasteiger charge is -2.35. The number of anilines is 1. The molecule has 1 fully saturated rings. The number of hydrogen-bond acceptors (Lipinski definition) is 7. The third kappa shape index (κ3) is 4.16. The largest absolute Gasteiger partial charge is 0.480 e. The molecule has 1 aliphatic rings. The zero-order valence-electron chi connectivity index (χ0n) is 15.6. The van der Waals surface area contributed by atoms with Crippen molar-refractivity contribution in [3.8, 4) is 0 Å². The molecule has 10 nitrogen and oxygen atoms in total. The number of carbonyl (C=O) groups is 2. The molecule has 1 saturated heterocycles. The molecule has 0 radical (unpaired) electrons. The maximum absolute atomic E-state index is 12.4. The number of nitrogens with zero attached hydrogens (tertiary/aromatic N) is 6. The zero-order valence-corrected chi connectivity index (χ0v) is 15.6. The van der Waals surface area contributed by atoms with Crippen LogP contribution in [0.2, 0.25) is 0 Å². The molecule has 1 atom stereocenters. The van der Waals surface area contributed by atoms with Crippen LogP contribution in [0.5, 0.6) is 0 Å². The van der Waals surface area contributed by atoms with Crippen LogP contribution in [0.4, 0.5) is 5.82 Å². The lowest BCUT2D eigenvalue weighted by molar-refractivity contribution is -0.140. The highest BCUT2D eigenvalue weighted by atomic mass is 16.4. The minimum atomic E-state index is -0.918. The lowest BCUT2D eigenvalue weighted by Crippen LogP contribution is -2.52. The number of amides is 1. The first-order valence-corrected chi connectivity index (χ1v) is 9.13. The van der Waals surface area contributed by atoms with E-state index in [-0.39, 0.29) is 12.5 Å². The number of carboxylic acids is 1. The first-order chi connectivity index (χ1) is 13.0. The van der Waals surface area contributed by atoms with Gasteiger partial charge in [-0.2, -0.15) is 5.10 Å². The summed E-state index contributed by atoms with van der Waals surface area (Å²) in [5.74, 6) is -0.169. The summed E-state index contributed by atoms with van der Waals surface area (Å²) in [5, 5.41) is 17.1. The van der Waals surface area contributed by atoms with Gasteiger partial charge in [-0.3, -0.25) is 19.6 Å². The Morgan fingerprint density at radius 1 is 1.26 bits per heavy atom. The van der Waals surface area contributed by atoms with E-state index in [0.717, 1.165) is 23.3 Å². The molecular formula is C17H25N7O3. The van der Waals surface area contributed by atoms with Gasteiger partial charge in [0.1, 0.15) is 18.2 Å². The van der Waals surface area contributed by atoms with Crippen LogP contribution in [0.1, 0.15) is 19.8 Å². The molecule has 0 bridgehead atoms. The molecule has 2 aromatic heterocycles. The van der Waals surface area contributed by atoms with E-state index in [4.69, 9.17) is 5.11 Å². The molecule has 1 amide bonds. The number of aromatic nitrogens is 4. The van der Waals surface area contributed by atoms with Crippen molar-refractivity contribution in [2.24, 2.45) is 7.05 Å². The van der Waals surface area contributed by atoms with Crippen LogP contribution >= 0.6 is 0 Å². The van der Waals surface area contributed by atoms with Crippen molar-refractivity contribution in [1.29, 1.82) is 0 Å². The molecule has 27 heavy (non-hydrogen) atoms. The summed E-state index contributed by atoms with van der Waals surface area (Å²) in [5.41, 5.74) is 0.776. The monoisotopic (exact) mass is 375 g/mol. The first kappa shape index (κ1) is 19.0.